The van der Waals surface area contributed by atoms with Gasteiger partial charge in [0.25, 0.3) is 5.91 Å². The molecule has 1 amide bonds. The number of carbonyl (C=O) groups is 1. The maximum absolute atomic E-state index is 12.6. The molecule has 6 nitrogen and oxygen atoms in total. The monoisotopic (exact) mass is 344 g/mol. The molecule has 0 bridgehead atoms. The van der Waals surface area contributed by atoms with Crippen molar-refractivity contribution in [3.8, 4) is 5.75 Å². The SMILES string of the molecule is CCn1nc(C(C)C)cc1C(=O)Nc1nc2c(OC)cccc2s1. The smallest absolute Gasteiger partial charge is 0.275 e. The Bertz CT molecular complexity index is 882. The molecular formula is C17H20N4O2S. The lowest BCUT2D eigenvalue weighted by molar-refractivity contribution is 0.101. The van der Waals surface area contributed by atoms with Gasteiger partial charge in [0, 0.05) is 6.54 Å². The standard InChI is InChI=1S/C17H20N4O2S/c1-5-21-12(9-11(20-21)10(2)3)16(22)19-17-18-15-13(23-4)7-6-8-14(15)24-17/h6-10H,5H2,1-4H3,(H,18,19,22). The highest BCUT2D eigenvalue weighted by Gasteiger charge is 2.18. The number of benzene rings is 1. The van der Waals surface area contributed by atoms with Crippen molar-refractivity contribution in [2.24, 2.45) is 0 Å². The lowest BCUT2D eigenvalue weighted by Gasteiger charge is -2.03. The quantitative estimate of drug-likeness (QED) is 0.762. The summed E-state index contributed by atoms with van der Waals surface area (Å²) in [4.78, 5) is 17.1. The molecule has 0 spiro atoms. The molecule has 0 saturated carbocycles. The number of hydrogen-bond acceptors (Lipinski definition) is 5. The van der Waals surface area contributed by atoms with E-state index in [1.54, 1.807) is 11.8 Å². The van der Waals surface area contributed by atoms with Gasteiger partial charge in [-0.2, -0.15) is 5.10 Å². The Morgan fingerprint density at radius 2 is 2.21 bits per heavy atom. The van der Waals surface area contributed by atoms with Gasteiger partial charge in [0.1, 0.15) is 17.0 Å². The van der Waals surface area contributed by atoms with E-state index in [1.165, 1.54) is 11.3 Å². The predicted molar refractivity (Wildman–Crippen MR) is 96.1 cm³/mol. The van der Waals surface area contributed by atoms with Gasteiger partial charge in [-0.1, -0.05) is 31.3 Å². The second-order valence-corrected chi connectivity index (χ2v) is 6.74. The van der Waals surface area contributed by atoms with Crippen LogP contribution in [-0.2, 0) is 6.54 Å². The van der Waals surface area contributed by atoms with Gasteiger partial charge in [0.2, 0.25) is 0 Å². The molecule has 3 rings (SSSR count). The summed E-state index contributed by atoms with van der Waals surface area (Å²) in [5.74, 6) is 0.773. The number of para-hydroxylation sites is 1. The van der Waals surface area contributed by atoms with Gasteiger partial charge in [-0.15, -0.1) is 0 Å². The Kier molecular flexibility index (Phi) is 4.53. The third kappa shape index (κ3) is 2.99. The first-order chi connectivity index (χ1) is 11.5. The van der Waals surface area contributed by atoms with Crippen molar-refractivity contribution in [3.63, 3.8) is 0 Å². The first-order valence-corrected chi connectivity index (χ1v) is 8.67. The van der Waals surface area contributed by atoms with Gasteiger partial charge >= 0.3 is 0 Å². The third-order valence-corrected chi connectivity index (χ3v) is 4.68. The van der Waals surface area contributed by atoms with E-state index >= 15 is 0 Å². The van der Waals surface area contributed by atoms with E-state index in [2.05, 4.69) is 29.2 Å². The molecule has 0 aliphatic carbocycles. The molecule has 7 heteroatoms. The summed E-state index contributed by atoms with van der Waals surface area (Å²) in [6.07, 6.45) is 0. The highest BCUT2D eigenvalue weighted by atomic mass is 32.1. The Labute approximate surface area is 144 Å². The summed E-state index contributed by atoms with van der Waals surface area (Å²) in [6.45, 7) is 6.73. The zero-order chi connectivity index (χ0) is 17.3. The highest BCUT2D eigenvalue weighted by molar-refractivity contribution is 7.22. The molecule has 0 unspecified atom stereocenters. The first-order valence-electron chi connectivity index (χ1n) is 7.86. The van der Waals surface area contributed by atoms with Gasteiger partial charge in [-0.3, -0.25) is 14.8 Å². The lowest BCUT2D eigenvalue weighted by atomic mass is 10.1. The van der Waals surface area contributed by atoms with Crippen LogP contribution in [0.2, 0.25) is 0 Å². The van der Waals surface area contributed by atoms with Crippen LogP contribution in [0.25, 0.3) is 10.2 Å². The van der Waals surface area contributed by atoms with Crippen LogP contribution in [0.15, 0.2) is 24.3 Å². The van der Waals surface area contributed by atoms with Crippen LogP contribution in [-0.4, -0.2) is 27.8 Å². The van der Waals surface area contributed by atoms with Crippen LogP contribution in [0, 0.1) is 0 Å². The van der Waals surface area contributed by atoms with Gasteiger partial charge in [-0.25, -0.2) is 4.98 Å². The van der Waals surface area contributed by atoms with Gasteiger partial charge in [-0.05, 0) is 31.0 Å². The summed E-state index contributed by atoms with van der Waals surface area (Å²) >= 11 is 1.42. The number of fused-ring (bicyclic) bond motifs is 1. The molecule has 0 atom stereocenters. The van der Waals surface area contributed by atoms with E-state index in [-0.39, 0.29) is 11.8 Å². The number of rotatable bonds is 5. The number of amides is 1. The van der Waals surface area contributed by atoms with Crippen LogP contribution < -0.4 is 10.1 Å². The van der Waals surface area contributed by atoms with Crippen LogP contribution >= 0.6 is 11.3 Å². The summed E-state index contributed by atoms with van der Waals surface area (Å²) in [5.41, 5.74) is 2.22. The number of nitrogens with one attached hydrogen (secondary N) is 1. The molecule has 24 heavy (non-hydrogen) atoms. The van der Waals surface area contributed by atoms with Gasteiger partial charge in [0.15, 0.2) is 5.13 Å². The summed E-state index contributed by atoms with van der Waals surface area (Å²) in [6, 6.07) is 7.57. The van der Waals surface area contributed by atoms with Crippen LogP contribution in [0.5, 0.6) is 5.75 Å². The Hall–Kier alpha value is -2.41. The largest absolute Gasteiger partial charge is 0.494 e. The van der Waals surface area contributed by atoms with Crippen molar-refractivity contribution in [2.75, 3.05) is 12.4 Å². The minimum atomic E-state index is -0.200. The number of methoxy groups -OCH3 is 1. The van der Waals surface area contributed by atoms with E-state index < -0.39 is 0 Å². The van der Waals surface area contributed by atoms with E-state index in [0.717, 1.165) is 15.9 Å². The second-order valence-electron chi connectivity index (χ2n) is 5.71. The normalized spacial score (nSPS) is 11.2. The molecule has 0 aliphatic heterocycles. The van der Waals surface area contributed by atoms with Crippen molar-refractivity contribution in [1.82, 2.24) is 14.8 Å². The number of ether oxygens (including phenoxy) is 1. The molecule has 1 aromatic carbocycles. The van der Waals surface area contributed by atoms with E-state index in [0.29, 0.717) is 23.1 Å². The average Bonchev–Trinajstić information content (AvgIpc) is 3.17. The fraction of sp³-hybridized carbons (Fsp3) is 0.353. The molecule has 0 fully saturated rings. The van der Waals surface area contributed by atoms with E-state index in [1.807, 2.05) is 31.2 Å². The number of aryl methyl sites for hydroxylation is 1. The van der Waals surface area contributed by atoms with Gasteiger partial charge < -0.3 is 4.74 Å². The summed E-state index contributed by atoms with van der Waals surface area (Å²) in [5, 5.41) is 7.91. The van der Waals surface area contributed by atoms with Crippen LogP contribution in [0.3, 0.4) is 0 Å². The van der Waals surface area contributed by atoms with E-state index in [9.17, 15) is 4.79 Å². The minimum Gasteiger partial charge on any atom is -0.494 e. The fourth-order valence-electron chi connectivity index (χ4n) is 2.45. The van der Waals surface area contributed by atoms with Crippen molar-refractivity contribution in [1.29, 1.82) is 0 Å². The number of anilines is 1. The van der Waals surface area contributed by atoms with Crippen molar-refractivity contribution >= 4 is 32.6 Å². The second kappa shape index (κ2) is 6.60. The van der Waals surface area contributed by atoms with Crippen LogP contribution in [0.4, 0.5) is 5.13 Å². The number of nitrogens with zero attached hydrogens (tertiary/aromatic N) is 3. The molecule has 1 N–H and O–H groups in total. The summed E-state index contributed by atoms with van der Waals surface area (Å²) < 4.78 is 8.00. The number of hydrogen-bond donors (Lipinski definition) is 1. The summed E-state index contributed by atoms with van der Waals surface area (Å²) in [7, 11) is 1.61. The van der Waals surface area contributed by atoms with Crippen molar-refractivity contribution < 1.29 is 9.53 Å². The molecule has 126 valence electrons. The van der Waals surface area contributed by atoms with Gasteiger partial charge in [0.05, 0.1) is 17.5 Å². The minimum absolute atomic E-state index is 0.200. The average molecular weight is 344 g/mol. The van der Waals surface area contributed by atoms with Crippen molar-refractivity contribution in [3.05, 3.63) is 35.7 Å². The predicted octanol–water partition coefficient (Wildman–Crippen LogP) is 3.90. The zero-order valence-electron chi connectivity index (χ0n) is 14.2. The molecule has 2 heterocycles. The number of aromatic nitrogens is 3. The molecule has 2 aromatic heterocycles. The molecule has 0 aliphatic rings. The lowest BCUT2D eigenvalue weighted by Crippen LogP contribution is -2.17. The number of carbonyl (C=O) groups excluding carboxylic acids is 1. The molecule has 0 radical (unpaired) electrons. The highest BCUT2D eigenvalue weighted by Crippen LogP contribution is 2.32. The Balaban J connectivity index is 1.90. The first kappa shape index (κ1) is 16.4. The fourth-order valence-corrected chi connectivity index (χ4v) is 3.32. The maximum atomic E-state index is 12.6. The molecular weight excluding hydrogens is 324 g/mol. The Morgan fingerprint density at radius 1 is 1.42 bits per heavy atom. The third-order valence-electron chi connectivity index (χ3n) is 3.74. The zero-order valence-corrected chi connectivity index (χ0v) is 15.0. The molecule has 0 saturated heterocycles. The Morgan fingerprint density at radius 3 is 2.88 bits per heavy atom. The van der Waals surface area contributed by atoms with E-state index in [4.69, 9.17) is 4.74 Å². The van der Waals surface area contributed by atoms with Crippen molar-refractivity contribution in [2.45, 2.75) is 33.2 Å². The van der Waals surface area contributed by atoms with Crippen LogP contribution in [0.1, 0.15) is 42.9 Å². The maximum Gasteiger partial charge on any atom is 0.275 e. The number of thiazole rings is 1. The molecule has 3 aromatic rings. The topological polar surface area (TPSA) is 69.0 Å².